The van der Waals surface area contributed by atoms with E-state index in [0.29, 0.717) is 6.61 Å². The Balaban J connectivity index is 1.54. The first-order chi connectivity index (χ1) is 15.5. The number of ether oxygens (including phenoxy) is 1. The molecular weight excluding hydrogens is 402 g/mol. The Morgan fingerprint density at radius 1 is 1.03 bits per heavy atom. The molecule has 0 unspecified atom stereocenters. The highest BCUT2D eigenvalue weighted by Crippen LogP contribution is 2.25. The van der Waals surface area contributed by atoms with Gasteiger partial charge >= 0.3 is 6.03 Å². The van der Waals surface area contributed by atoms with Gasteiger partial charge in [0.25, 0.3) is 5.91 Å². The molecule has 6 nitrogen and oxygen atoms in total. The molecule has 1 saturated heterocycles. The number of imide groups is 1. The Morgan fingerprint density at radius 2 is 1.75 bits per heavy atom. The molecule has 6 heteroatoms. The molecule has 2 heterocycles. The van der Waals surface area contributed by atoms with Gasteiger partial charge in [-0.3, -0.25) is 9.69 Å². The minimum atomic E-state index is -0.430. The summed E-state index contributed by atoms with van der Waals surface area (Å²) in [4.78, 5) is 25.6. The maximum Gasteiger partial charge on any atom is 0.329 e. The SMILES string of the molecule is C=CCN1C(=O)N/C(=C/c2cc(C)n(-c3ccc(OCc4ccccc4)cc3)c2C)C1=O. The lowest BCUT2D eigenvalue weighted by Crippen LogP contribution is -2.30. The topological polar surface area (TPSA) is 63.6 Å². The van der Waals surface area contributed by atoms with Crippen LogP contribution >= 0.6 is 0 Å². The van der Waals surface area contributed by atoms with Crippen LogP contribution in [0, 0.1) is 13.8 Å². The molecule has 32 heavy (non-hydrogen) atoms. The van der Waals surface area contributed by atoms with Gasteiger partial charge < -0.3 is 14.6 Å². The van der Waals surface area contributed by atoms with Gasteiger partial charge in [0.15, 0.2) is 0 Å². The predicted molar refractivity (Wildman–Crippen MR) is 124 cm³/mol. The summed E-state index contributed by atoms with van der Waals surface area (Å²) < 4.78 is 7.99. The van der Waals surface area contributed by atoms with E-state index in [-0.39, 0.29) is 18.1 Å². The molecule has 0 saturated carbocycles. The highest BCUT2D eigenvalue weighted by Gasteiger charge is 2.32. The van der Waals surface area contributed by atoms with Crippen molar-refractivity contribution in [2.24, 2.45) is 0 Å². The molecule has 0 aliphatic carbocycles. The van der Waals surface area contributed by atoms with Gasteiger partial charge in [0.1, 0.15) is 18.1 Å². The fraction of sp³-hybridized carbons (Fsp3) is 0.154. The molecule has 1 aromatic heterocycles. The monoisotopic (exact) mass is 427 g/mol. The molecule has 1 N–H and O–H groups in total. The Labute approximate surface area is 187 Å². The number of aromatic nitrogens is 1. The molecule has 0 bridgehead atoms. The highest BCUT2D eigenvalue weighted by molar-refractivity contribution is 6.14. The van der Waals surface area contributed by atoms with Crippen molar-refractivity contribution >= 4 is 18.0 Å². The van der Waals surface area contributed by atoms with Crippen molar-refractivity contribution in [3.05, 3.63) is 102 Å². The number of aryl methyl sites for hydroxylation is 1. The van der Waals surface area contributed by atoms with Crippen molar-refractivity contribution in [2.75, 3.05) is 6.54 Å². The van der Waals surface area contributed by atoms with Crippen molar-refractivity contribution in [1.82, 2.24) is 14.8 Å². The van der Waals surface area contributed by atoms with Crippen LogP contribution in [0.15, 0.2) is 79.0 Å². The van der Waals surface area contributed by atoms with Crippen LogP contribution in [0.5, 0.6) is 5.75 Å². The van der Waals surface area contributed by atoms with E-state index in [2.05, 4.69) is 16.5 Å². The summed E-state index contributed by atoms with van der Waals surface area (Å²) >= 11 is 0. The summed E-state index contributed by atoms with van der Waals surface area (Å²) in [6.07, 6.45) is 3.25. The average molecular weight is 428 g/mol. The molecule has 1 aliphatic heterocycles. The van der Waals surface area contributed by atoms with E-state index in [4.69, 9.17) is 4.74 Å². The highest BCUT2D eigenvalue weighted by atomic mass is 16.5. The maximum absolute atomic E-state index is 12.5. The second-order valence-corrected chi connectivity index (χ2v) is 7.62. The number of urea groups is 1. The fourth-order valence-electron chi connectivity index (χ4n) is 3.79. The summed E-state index contributed by atoms with van der Waals surface area (Å²) in [7, 11) is 0. The van der Waals surface area contributed by atoms with E-state index < -0.39 is 6.03 Å². The van der Waals surface area contributed by atoms with Gasteiger partial charge in [-0.15, -0.1) is 6.58 Å². The molecule has 1 fully saturated rings. The predicted octanol–water partition coefficient (Wildman–Crippen LogP) is 4.75. The molecule has 2 aromatic carbocycles. The number of nitrogens with zero attached hydrogens (tertiary/aromatic N) is 2. The molecular formula is C26H25N3O3. The van der Waals surface area contributed by atoms with E-state index in [1.54, 1.807) is 6.08 Å². The summed E-state index contributed by atoms with van der Waals surface area (Å²) in [5, 5.41) is 2.64. The Morgan fingerprint density at radius 3 is 2.44 bits per heavy atom. The molecule has 0 spiro atoms. The zero-order chi connectivity index (χ0) is 22.7. The van der Waals surface area contributed by atoms with Gasteiger partial charge in [0.2, 0.25) is 0 Å². The summed E-state index contributed by atoms with van der Waals surface area (Å²) in [5.74, 6) is 0.448. The van der Waals surface area contributed by atoms with E-state index >= 15 is 0 Å². The third-order valence-electron chi connectivity index (χ3n) is 5.39. The number of rotatable bonds is 7. The molecule has 3 amide bonds. The Bertz CT molecular complexity index is 1190. The minimum absolute atomic E-state index is 0.180. The molecule has 0 radical (unpaired) electrons. The van der Waals surface area contributed by atoms with Crippen LogP contribution in [0.2, 0.25) is 0 Å². The van der Waals surface area contributed by atoms with Gasteiger partial charge in [0.05, 0.1) is 0 Å². The van der Waals surface area contributed by atoms with Crippen molar-refractivity contribution < 1.29 is 14.3 Å². The first kappa shape index (κ1) is 21.2. The zero-order valence-electron chi connectivity index (χ0n) is 18.2. The summed E-state index contributed by atoms with van der Waals surface area (Å²) in [5.41, 5.74) is 5.24. The van der Waals surface area contributed by atoms with E-state index in [9.17, 15) is 9.59 Å². The standard InChI is InChI=1S/C26H25N3O3/c1-4-14-28-25(30)24(27-26(28)31)16-21-15-18(2)29(19(21)3)22-10-12-23(13-11-22)32-17-20-8-6-5-7-9-20/h4-13,15-16H,1,14,17H2,2-3H3,(H,27,31)/b24-16+. The zero-order valence-corrected chi connectivity index (χ0v) is 18.2. The lowest BCUT2D eigenvalue weighted by molar-refractivity contribution is -0.122. The van der Waals surface area contributed by atoms with Crippen LogP contribution in [0.25, 0.3) is 11.8 Å². The van der Waals surface area contributed by atoms with E-state index in [1.807, 2.05) is 74.5 Å². The molecule has 4 rings (SSSR count). The minimum Gasteiger partial charge on any atom is -0.489 e. The maximum atomic E-state index is 12.5. The average Bonchev–Trinajstić information content (AvgIpc) is 3.23. The van der Waals surface area contributed by atoms with Gasteiger partial charge in [-0.2, -0.15) is 0 Å². The molecule has 162 valence electrons. The van der Waals surface area contributed by atoms with Gasteiger partial charge in [-0.05, 0) is 61.4 Å². The number of carbonyl (C=O) groups excluding carboxylic acids is 2. The molecule has 1 aliphatic rings. The number of carbonyl (C=O) groups is 2. The summed E-state index contributed by atoms with van der Waals surface area (Å²) in [6.45, 7) is 8.28. The smallest absolute Gasteiger partial charge is 0.329 e. The van der Waals surface area contributed by atoms with Crippen molar-refractivity contribution in [1.29, 1.82) is 0 Å². The quantitative estimate of drug-likeness (QED) is 0.336. The van der Waals surface area contributed by atoms with Crippen LogP contribution in [-0.2, 0) is 11.4 Å². The third-order valence-corrected chi connectivity index (χ3v) is 5.39. The number of benzene rings is 2. The fourth-order valence-corrected chi connectivity index (χ4v) is 3.79. The van der Waals surface area contributed by atoms with Gasteiger partial charge in [-0.25, -0.2) is 4.79 Å². The second-order valence-electron chi connectivity index (χ2n) is 7.62. The molecule has 0 atom stereocenters. The second kappa shape index (κ2) is 8.98. The van der Waals surface area contributed by atoms with Crippen LogP contribution in [0.3, 0.4) is 0 Å². The third kappa shape index (κ3) is 4.21. The lowest BCUT2D eigenvalue weighted by Gasteiger charge is -2.11. The number of nitrogens with one attached hydrogen (secondary N) is 1. The van der Waals surface area contributed by atoms with Crippen molar-refractivity contribution in [3.8, 4) is 11.4 Å². The Hall–Kier alpha value is -4.06. The van der Waals surface area contributed by atoms with Crippen LogP contribution in [-0.4, -0.2) is 28.0 Å². The van der Waals surface area contributed by atoms with Gasteiger partial charge in [0, 0.05) is 23.6 Å². The van der Waals surface area contributed by atoms with Gasteiger partial charge in [-0.1, -0.05) is 36.4 Å². The number of amides is 3. The normalized spacial score (nSPS) is 14.7. The van der Waals surface area contributed by atoms with Crippen LogP contribution in [0.1, 0.15) is 22.5 Å². The first-order valence-corrected chi connectivity index (χ1v) is 10.4. The Kier molecular flexibility index (Phi) is 5.94. The van der Waals surface area contributed by atoms with E-state index in [0.717, 1.165) is 38.9 Å². The van der Waals surface area contributed by atoms with Crippen molar-refractivity contribution in [3.63, 3.8) is 0 Å². The molecule has 3 aromatic rings. The lowest BCUT2D eigenvalue weighted by atomic mass is 10.2. The first-order valence-electron chi connectivity index (χ1n) is 10.4. The number of hydrogen-bond donors (Lipinski definition) is 1. The van der Waals surface area contributed by atoms with Crippen molar-refractivity contribution in [2.45, 2.75) is 20.5 Å². The van der Waals surface area contributed by atoms with Crippen LogP contribution in [0.4, 0.5) is 4.79 Å². The number of hydrogen-bond acceptors (Lipinski definition) is 3. The van der Waals surface area contributed by atoms with Crippen LogP contribution < -0.4 is 10.1 Å². The van der Waals surface area contributed by atoms with E-state index in [1.165, 1.54) is 6.08 Å². The summed E-state index contributed by atoms with van der Waals surface area (Å²) in [6, 6.07) is 19.5. The largest absolute Gasteiger partial charge is 0.489 e.